The Labute approximate surface area is 103 Å². The lowest BCUT2D eigenvalue weighted by molar-refractivity contribution is 0.0974. The highest BCUT2D eigenvalue weighted by Crippen LogP contribution is 2.16. The molecule has 0 fully saturated rings. The van der Waals surface area contributed by atoms with Gasteiger partial charge in [0, 0.05) is 12.0 Å². The summed E-state index contributed by atoms with van der Waals surface area (Å²) in [6.07, 6.45) is 1.39. The van der Waals surface area contributed by atoms with Crippen molar-refractivity contribution in [1.82, 2.24) is 0 Å². The zero-order valence-electron chi connectivity index (χ0n) is 10.6. The number of carbonyl (C=O) groups is 1. The Hall–Kier alpha value is -1.35. The van der Waals surface area contributed by atoms with Gasteiger partial charge in [0.25, 0.3) is 0 Å². The van der Waals surface area contributed by atoms with Gasteiger partial charge < -0.3 is 10.5 Å². The maximum absolute atomic E-state index is 11.9. The number of ketones is 1. The number of benzene rings is 1. The van der Waals surface area contributed by atoms with Crippen molar-refractivity contribution in [2.45, 2.75) is 26.7 Å². The molecule has 0 radical (unpaired) electrons. The van der Waals surface area contributed by atoms with E-state index in [1.807, 2.05) is 25.1 Å². The molecule has 1 atom stereocenters. The van der Waals surface area contributed by atoms with Gasteiger partial charge in [-0.1, -0.05) is 19.1 Å². The van der Waals surface area contributed by atoms with E-state index >= 15 is 0 Å². The van der Waals surface area contributed by atoms with Crippen molar-refractivity contribution in [3.8, 4) is 5.75 Å². The van der Waals surface area contributed by atoms with Crippen molar-refractivity contribution < 1.29 is 9.53 Å². The number of Topliss-reactive ketones (excluding diaryl/α,β-unsaturated/α-hetero) is 1. The Morgan fingerprint density at radius 1 is 1.47 bits per heavy atom. The molecular weight excluding hydrogens is 214 g/mol. The van der Waals surface area contributed by atoms with Gasteiger partial charge in [0.1, 0.15) is 5.75 Å². The Bertz CT molecular complexity index is 363. The second-order valence-electron chi connectivity index (χ2n) is 4.26. The summed E-state index contributed by atoms with van der Waals surface area (Å²) in [5.74, 6) is 1.31. The first-order chi connectivity index (χ1) is 8.17. The lowest BCUT2D eigenvalue weighted by Gasteiger charge is -2.08. The maximum Gasteiger partial charge on any atom is 0.163 e. The minimum Gasteiger partial charge on any atom is -0.494 e. The van der Waals surface area contributed by atoms with E-state index in [1.54, 1.807) is 6.07 Å². The first-order valence-electron chi connectivity index (χ1n) is 6.13. The average Bonchev–Trinajstić information content (AvgIpc) is 2.36. The minimum atomic E-state index is 0.159. The highest BCUT2D eigenvalue weighted by molar-refractivity contribution is 5.96. The van der Waals surface area contributed by atoms with Crippen LogP contribution < -0.4 is 10.5 Å². The van der Waals surface area contributed by atoms with E-state index in [1.165, 1.54) is 0 Å². The van der Waals surface area contributed by atoms with Crippen LogP contribution in [0.25, 0.3) is 0 Å². The van der Waals surface area contributed by atoms with Crippen LogP contribution in [0.3, 0.4) is 0 Å². The molecule has 0 amide bonds. The largest absolute Gasteiger partial charge is 0.494 e. The molecule has 0 heterocycles. The summed E-state index contributed by atoms with van der Waals surface area (Å²) in [5.41, 5.74) is 6.25. The fourth-order valence-electron chi connectivity index (χ4n) is 1.57. The Morgan fingerprint density at radius 3 is 2.88 bits per heavy atom. The molecule has 0 aliphatic rings. The Morgan fingerprint density at radius 2 is 2.24 bits per heavy atom. The monoisotopic (exact) mass is 235 g/mol. The topological polar surface area (TPSA) is 52.3 Å². The lowest BCUT2D eigenvalue weighted by atomic mass is 10.00. The van der Waals surface area contributed by atoms with Crippen molar-refractivity contribution >= 4 is 5.78 Å². The standard InChI is InChI=1S/C14H21NO2/c1-3-17-13-6-4-5-12(9-13)14(16)8-7-11(2)10-15/h4-6,9,11H,3,7-8,10,15H2,1-2H3. The number of hydrogen-bond donors (Lipinski definition) is 1. The van der Waals surface area contributed by atoms with Gasteiger partial charge in [-0.15, -0.1) is 0 Å². The van der Waals surface area contributed by atoms with Crippen LogP contribution in [0.1, 0.15) is 37.0 Å². The molecule has 0 aliphatic carbocycles. The van der Waals surface area contributed by atoms with Crippen LogP contribution in [-0.2, 0) is 0 Å². The fourth-order valence-corrected chi connectivity index (χ4v) is 1.57. The van der Waals surface area contributed by atoms with E-state index in [2.05, 4.69) is 6.92 Å². The van der Waals surface area contributed by atoms with Crippen molar-refractivity contribution in [1.29, 1.82) is 0 Å². The van der Waals surface area contributed by atoms with Crippen LogP contribution in [0.2, 0.25) is 0 Å². The normalized spacial score (nSPS) is 12.2. The van der Waals surface area contributed by atoms with Crippen LogP contribution in [0.5, 0.6) is 5.75 Å². The van der Waals surface area contributed by atoms with Crippen LogP contribution in [-0.4, -0.2) is 18.9 Å². The average molecular weight is 235 g/mol. The molecule has 0 aromatic heterocycles. The van der Waals surface area contributed by atoms with E-state index < -0.39 is 0 Å². The molecule has 94 valence electrons. The highest BCUT2D eigenvalue weighted by Gasteiger charge is 2.09. The summed E-state index contributed by atoms with van der Waals surface area (Å²) in [7, 11) is 0. The van der Waals surface area contributed by atoms with E-state index in [9.17, 15) is 4.79 Å². The summed E-state index contributed by atoms with van der Waals surface area (Å²) in [6, 6.07) is 7.35. The molecule has 0 saturated heterocycles. The number of ether oxygens (including phenoxy) is 1. The van der Waals surface area contributed by atoms with Gasteiger partial charge in [-0.25, -0.2) is 0 Å². The van der Waals surface area contributed by atoms with Gasteiger partial charge in [-0.2, -0.15) is 0 Å². The highest BCUT2D eigenvalue weighted by atomic mass is 16.5. The zero-order chi connectivity index (χ0) is 12.7. The first-order valence-corrected chi connectivity index (χ1v) is 6.13. The van der Waals surface area contributed by atoms with Gasteiger partial charge in [0.05, 0.1) is 6.61 Å². The number of hydrogen-bond acceptors (Lipinski definition) is 3. The summed E-state index contributed by atoms with van der Waals surface area (Å²) in [5, 5.41) is 0. The van der Waals surface area contributed by atoms with Crippen molar-refractivity contribution in [3.05, 3.63) is 29.8 Å². The molecule has 0 spiro atoms. The molecule has 2 N–H and O–H groups in total. The fraction of sp³-hybridized carbons (Fsp3) is 0.500. The predicted molar refractivity (Wildman–Crippen MR) is 69.4 cm³/mol. The van der Waals surface area contributed by atoms with E-state index in [-0.39, 0.29) is 5.78 Å². The van der Waals surface area contributed by atoms with Crippen molar-refractivity contribution in [3.63, 3.8) is 0 Å². The predicted octanol–water partition coefficient (Wildman–Crippen LogP) is 2.64. The molecule has 0 saturated carbocycles. The van der Waals surface area contributed by atoms with Gasteiger partial charge in [-0.05, 0) is 37.9 Å². The van der Waals surface area contributed by atoms with E-state index in [4.69, 9.17) is 10.5 Å². The molecule has 0 bridgehead atoms. The molecule has 17 heavy (non-hydrogen) atoms. The SMILES string of the molecule is CCOc1cccc(C(=O)CCC(C)CN)c1. The summed E-state index contributed by atoms with van der Waals surface area (Å²) >= 11 is 0. The molecule has 3 nitrogen and oxygen atoms in total. The minimum absolute atomic E-state index is 0.159. The molecule has 1 aromatic carbocycles. The third-order valence-corrected chi connectivity index (χ3v) is 2.73. The Balaban J connectivity index is 2.59. The Kier molecular flexibility index (Phi) is 5.70. The number of rotatable bonds is 7. The van der Waals surface area contributed by atoms with Crippen molar-refractivity contribution in [2.24, 2.45) is 11.7 Å². The van der Waals surface area contributed by atoms with Crippen LogP contribution in [0, 0.1) is 5.92 Å². The zero-order valence-corrected chi connectivity index (χ0v) is 10.6. The quantitative estimate of drug-likeness (QED) is 0.739. The molecule has 1 aromatic rings. The van der Waals surface area contributed by atoms with Crippen LogP contribution >= 0.6 is 0 Å². The molecule has 1 unspecified atom stereocenters. The van der Waals surface area contributed by atoms with Crippen molar-refractivity contribution in [2.75, 3.05) is 13.2 Å². The lowest BCUT2D eigenvalue weighted by Crippen LogP contribution is -2.12. The van der Waals surface area contributed by atoms with Gasteiger partial charge in [0.15, 0.2) is 5.78 Å². The first kappa shape index (κ1) is 13.7. The molecule has 3 heteroatoms. The van der Waals surface area contributed by atoms with Gasteiger partial charge in [0.2, 0.25) is 0 Å². The van der Waals surface area contributed by atoms with Crippen LogP contribution in [0.15, 0.2) is 24.3 Å². The number of nitrogens with two attached hydrogens (primary N) is 1. The van der Waals surface area contributed by atoms with E-state index in [0.29, 0.717) is 25.5 Å². The number of carbonyl (C=O) groups excluding carboxylic acids is 1. The van der Waals surface area contributed by atoms with Crippen LogP contribution in [0.4, 0.5) is 0 Å². The third kappa shape index (κ3) is 4.57. The second-order valence-corrected chi connectivity index (χ2v) is 4.26. The molecule has 1 rings (SSSR count). The maximum atomic E-state index is 11.9. The summed E-state index contributed by atoms with van der Waals surface area (Å²) < 4.78 is 5.37. The second kappa shape index (κ2) is 7.07. The summed E-state index contributed by atoms with van der Waals surface area (Å²) in [4.78, 5) is 11.9. The molecule has 0 aliphatic heterocycles. The smallest absolute Gasteiger partial charge is 0.163 e. The van der Waals surface area contributed by atoms with Gasteiger partial charge >= 0.3 is 0 Å². The molecular formula is C14H21NO2. The van der Waals surface area contributed by atoms with E-state index in [0.717, 1.165) is 17.7 Å². The summed E-state index contributed by atoms with van der Waals surface area (Å²) in [6.45, 7) is 5.23. The van der Waals surface area contributed by atoms with Gasteiger partial charge in [-0.3, -0.25) is 4.79 Å². The third-order valence-electron chi connectivity index (χ3n) is 2.73.